The highest BCUT2D eigenvalue weighted by atomic mass is 16.5. The minimum Gasteiger partial charge on any atom is -0.483 e. The molecule has 2 aliphatic heterocycles. The molecule has 1 unspecified atom stereocenters. The molecule has 2 saturated heterocycles. The number of hydrogen-bond acceptors (Lipinski definition) is 6. The van der Waals surface area contributed by atoms with E-state index in [0.29, 0.717) is 58.8 Å². The number of rotatable bonds is 3. The molecular formula is C24H36N4O6. The van der Waals surface area contributed by atoms with Crippen molar-refractivity contribution in [3.05, 3.63) is 35.9 Å². The number of hydrogen-bond donors (Lipinski definition) is 3. The van der Waals surface area contributed by atoms with E-state index in [2.05, 4.69) is 22.8 Å². The minimum absolute atomic E-state index is 0.0189. The maximum absolute atomic E-state index is 12.6. The molecule has 0 radical (unpaired) electrons. The first-order chi connectivity index (χ1) is 16.5. The van der Waals surface area contributed by atoms with Gasteiger partial charge in [0.25, 0.3) is 6.47 Å². The lowest BCUT2D eigenvalue weighted by molar-refractivity contribution is -0.137. The number of carbonyl (C=O) groups is 4. The Morgan fingerprint density at radius 2 is 1.71 bits per heavy atom. The second-order valence-electron chi connectivity index (χ2n) is 8.30. The molecule has 2 fully saturated rings. The zero-order valence-electron chi connectivity index (χ0n) is 19.6. The van der Waals surface area contributed by atoms with E-state index in [1.54, 1.807) is 4.90 Å². The molecule has 2 heterocycles. The Balaban J connectivity index is 0.00000129. The summed E-state index contributed by atoms with van der Waals surface area (Å²) in [5.41, 5.74) is 1.19. The van der Waals surface area contributed by atoms with Crippen LogP contribution in [-0.2, 0) is 23.9 Å². The van der Waals surface area contributed by atoms with Crippen molar-refractivity contribution in [2.45, 2.75) is 31.6 Å². The van der Waals surface area contributed by atoms with Gasteiger partial charge in [-0.1, -0.05) is 30.3 Å². The van der Waals surface area contributed by atoms with Gasteiger partial charge in [0.15, 0.2) is 0 Å². The number of nitrogens with one attached hydrogen (secondary N) is 2. The van der Waals surface area contributed by atoms with Gasteiger partial charge in [0.05, 0.1) is 26.3 Å². The van der Waals surface area contributed by atoms with E-state index in [9.17, 15) is 14.4 Å². The number of amides is 3. The molecule has 0 aromatic heterocycles. The maximum Gasteiger partial charge on any atom is 0.290 e. The van der Waals surface area contributed by atoms with Crippen LogP contribution in [0.2, 0.25) is 0 Å². The Bertz CT molecular complexity index is 770. The van der Waals surface area contributed by atoms with Crippen molar-refractivity contribution in [3.63, 3.8) is 0 Å². The standard InChI is InChI=1S/C23H34N4O4.CH2O2/c28-21-8-7-20(19-5-2-1-3-6-19)9-11-25-22(29)17-26(12-4-10-24-21)18-23(30)27-13-15-31-16-14-27;2-1-3/h1-3,5-6,20H,4,7-18H2,(H,24,28)(H,25,29);1H,(H,2,3). The van der Waals surface area contributed by atoms with Gasteiger partial charge in [0.2, 0.25) is 17.7 Å². The van der Waals surface area contributed by atoms with Crippen molar-refractivity contribution in [1.29, 1.82) is 0 Å². The van der Waals surface area contributed by atoms with Crippen LogP contribution in [0.15, 0.2) is 30.3 Å². The van der Waals surface area contributed by atoms with Crippen LogP contribution in [0.5, 0.6) is 0 Å². The fourth-order valence-corrected chi connectivity index (χ4v) is 4.09. The average molecular weight is 477 g/mol. The molecule has 3 amide bonds. The first-order valence-corrected chi connectivity index (χ1v) is 11.8. The van der Waals surface area contributed by atoms with Crippen LogP contribution in [0.3, 0.4) is 0 Å². The van der Waals surface area contributed by atoms with E-state index in [1.165, 1.54) is 5.56 Å². The maximum atomic E-state index is 12.6. The zero-order chi connectivity index (χ0) is 24.6. The number of carbonyl (C=O) groups excluding carboxylic acids is 3. The number of benzene rings is 1. The van der Waals surface area contributed by atoms with Crippen LogP contribution >= 0.6 is 0 Å². The van der Waals surface area contributed by atoms with Crippen LogP contribution < -0.4 is 10.6 Å². The predicted molar refractivity (Wildman–Crippen MR) is 126 cm³/mol. The second-order valence-corrected chi connectivity index (χ2v) is 8.30. The third-order valence-corrected chi connectivity index (χ3v) is 5.87. The Morgan fingerprint density at radius 1 is 1.03 bits per heavy atom. The lowest BCUT2D eigenvalue weighted by Gasteiger charge is -2.30. The molecule has 10 heteroatoms. The van der Waals surface area contributed by atoms with Crippen LogP contribution in [0.4, 0.5) is 0 Å². The summed E-state index contributed by atoms with van der Waals surface area (Å²) < 4.78 is 5.31. The number of carboxylic acid groups (broad SMARTS) is 1. The monoisotopic (exact) mass is 476 g/mol. The van der Waals surface area contributed by atoms with E-state index in [1.807, 2.05) is 23.1 Å². The molecule has 188 valence electrons. The first kappa shape index (κ1) is 27.3. The summed E-state index contributed by atoms with van der Waals surface area (Å²) in [4.78, 5) is 49.5. The summed E-state index contributed by atoms with van der Waals surface area (Å²) in [6, 6.07) is 10.1. The van der Waals surface area contributed by atoms with Gasteiger partial charge in [0, 0.05) is 39.1 Å². The lowest BCUT2D eigenvalue weighted by atomic mass is 9.91. The quantitative estimate of drug-likeness (QED) is 0.540. The molecular weight excluding hydrogens is 440 g/mol. The fraction of sp³-hybridized carbons (Fsp3) is 0.583. The molecule has 1 aromatic carbocycles. The van der Waals surface area contributed by atoms with Gasteiger partial charge in [-0.25, -0.2) is 0 Å². The van der Waals surface area contributed by atoms with E-state index < -0.39 is 0 Å². The molecule has 0 saturated carbocycles. The Labute approximate surface area is 200 Å². The van der Waals surface area contributed by atoms with Crippen LogP contribution in [0, 0.1) is 0 Å². The lowest BCUT2D eigenvalue weighted by Crippen LogP contribution is -2.48. The molecule has 3 N–H and O–H groups in total. The Morgan fingerprint density at radius 3 is 2.41 bits per heavy atom. The van der Waals surface area contributed by atoms with E-state index in [0.717, 1.165) is 12.8 Å². The normalized spacial score (nSPS) is 21.2. The topological polar surface area (TPSA) is 128 Å². The summed E-state index contributed by atoms with van der Waals surface area (Å²) in [5, 5.41) is 12.9. The van der Waals surface area contributed by atoms with Crippen molar-refractivity contribution < 1.29 is 29.0 Å². The SMILES string of the molecule is O=C1CCC(c2ccccc2)CCNC(=O)CN(CC(=O)N2CCOCC2)CCCN1.O=CO. The minimum atomic E-state index is -0.250. The average Bonchev–Trinajstić information content (AvgIpc) is 2.85. The van der Waals surface area contributed by atoms with Gasteiger partial charge < -0.3 is 25.4 Å². The number of nitrogens with zero attached hydrogens (tertiary/aromatic N) is 2. The summed E-state index contributed by atoms with van der Waals surface area (Å²) in [5.74, 6) is 0.222. The molecule has 3 rings (SSSR count). The van der Waals surface area contributed by atoms with E-state index >= 15 is 0 Å². The van der Waals surface area contributed by atoms with Crippen molar-refractivity contribution in [3.8, 4) is 0 Å². The summed E-state index contributed by atoms with van der Waals surface area (Å²) in [7, 11) is 0. The predicted octanol–water partition coefficient (Wildman–Crippen LogP) is 0.438. The number of ether oxygens (including phenoxy) is 1. The molecule has 0 aliphatic carbocycles. The second kappa shape index (κ2) is 15.8. The molecule has 0 bridgehead atoms. The van der Waals surface area contributed by atoms with Gasteiger partial charge in [-0.2, -0.15) is 0 Å². The molecule has 2 aliphatic rings. The van der Waals surface area contributed by atoms with Gasteiger partial charge in [-0.05, 0) is 30.7 Å². The van der Waals surface area contributed by atoms with Gasteiger partial charge >= 0.3 is 0 Å². The molecule has 10 nitrogen and oxygen atoms in total. The van der Waals surface area contributed by atoms with Crippen molar-refractivity contribution in [1.82, 2.24) is 20.4 Å². The third kappa shape index (κ3) is 10.3. The van der Waals surface area contributed by atoms with Crippen LogP contribution in [0.25, 0.3) is 0 Å². The molecule has 1 aromatic rings. The smallest absolute Gasteiger partial charge is 0.290 e. The summed E-state index contributed by atoms with van der Waals surface area (Å²) in [6.07, 6.45) is 2.69. The van der Waals surface area contributed by atoms with Gasteiger partial charge in [-0.15, -0.1) is 0 Å². The highest BCUT2D eigenvalue weighted by molar-refractivity contribution is 5.81. The Kier molecular flexibility index (Phi) is 12.7. The highest BCUT2D eigenvalue weighted by Crippen LogP contribution is 2.24. The highest BCUT2D eigenvalue weighted by Gasteiger charge is 2.22. The fourth-order valence-electron chi connectivity index (χ4n) is 4.09. The zero-order valence-corrected chi connectivity index (χ0v) is 19.6. The largest absolute Gasteiger partial charge is 0.483 e. The molecule has 1 atom stereocenters. The van der Waals surface area contributed by atoms with Crippen molar-refractivity contribution in [2.75, 3.05) is 59.0 Å². The summed E-state index contributed by atoms with van der Waals surface area (Å²) >= 11 is 0. The molecule has 0 spiro atoms. The first-order valence-electron chi connectivity index (χ1n) is 11.8. The van der Waals surface area contributed by atoms with Crippen molar-refractivity contribution >= 4 is 24.2 Å². The van der Waals surface area contributed by atoms with Gasteiger partial charge in [-0.3, -0.25) is 24.1 Å². The Hall–Kier alpha value is -2.98. The third-order valence-electron chi connectivity index (χ3n) is 5.87. The van der Waals surface area contributed by atoms with E-state index in [4.69, 9.17) is 14.6 Å². The number of morpholine rings is 1. The van der Waals surface area contributed by atoms with Crippen LogP contribution in [0.1, 0.15) is 37.2 Å². The van der Waals surface area contributed by atoms with Gasteiger partial charge in [0.1, 0.15) is 0 Å². The van der Waals surface area contributed by atoms with E-state index in [-0.39, 0.29) is 43.2 Å². The van der Waals surface area contributed by atoms with Crippen LogP contribution in [-0.4, -0.2) is 98.1 Å². The summed E-state index contributed by atoms with van der Waals surface area (Å²) in [6.45, 7) is 4.10. The van der Waals surface area contributed by atoms with Crippen molar-refractivity contribution in [2.24, 2.45) is 0 Å². The molecule has 34 heavy (non-hydrogen) atoms.